The molecule has 0 rings (SSSR count). The van der Waals surface area contributed by atoms with Crippen LogP contribution < -0.4 is 5.09 Å². The van der Waals surface area contributed by atoms with Gasteiger partial charge in [0.1, 0.15) is 11.8 Å². The van der Waals surface area contributed by atoms with Crippen molar-refractivity contribution in [2.75, 3.05) is 20.3 Å². The third kappa shape index (κ3) is 5.95. The molecule has 0 radical (unpaired) electrons. The summed E-state index contributed by atoms with van der Waals surface area (Å²) in [6, 6.07) is 0. The van der Waals surface area contributed by atoms with Gasteiger partial charge in [-0.25, -0.2) is 5.09 Å². The molecule has 0 heterocycles. The lowest BCUT2D eigenvalue weighted by molar-refractivity contribution is -0.116. The molecule has 0 bridgehead atoms. The molecule has 0 spiro atoms. The molecule has 0 aliphatic rings. The second-order valence-electron chi connectivity index (χ2n) is 4.20. The standard InChI is InChI=1S/C9H18NO4P/c1-8(2,13-4)6-14-7-9(3,5-11)10-15-12/h5H,6-7H2,1-4H3,(H,10,12). The smallest absolute Gasteiger partial charge is 0.246 e. The van der Waals surface area contributed by atoms with Gasteiger partial charge in [0, 0.05) is 7.11 Å². The summed E-state index contributed by atoms with van der Waals surface area (Å²) in [4.78, 5) is 10.7. The van der Waals surface area contributed by atoms with Gasteiger partial charge < -0.3 is 14.3 Å². The molecule has 88 valence electrons. The molecule has 5 nitrogen and oxygen atoms in total. The van der Waals surface area contributed by atoms with Crippen LogP contribution in [0.2, 0.25) is 0 Å². The molecule has 1 N–H and O–H groups in total. The van der Waals surface area contributed by atoms with Crippen LogP contribution in [-0.2, 0) is 18.8 Å². The number of carbonyl (C=O) groups is 1. The highest BCUT2D eigenvalue weighted by Gasteiger charge is 2.25. The van der Waals surface area contributed by atoms with E-state index in [1.807, 2.05) is 13.8 Å². The third-order valence-electron chi connectivity index (χ3n) is 1.97. The normalized spacial score (nSPS) is 16.3. The van der Waals surface area contributed by atoms with Crippen LogP contribution in [0.25, 0.3) is 0 Å². The number of hydrogen-bond donors (Lipinski definition) is 1. The van der Waals surface area contributed by atoms with Crippen molar-refractivity contribution in [1.29, 1.82) is 0 Å². The van der Waals surface area contributed by atoms with Crippen molar-refractivity contribution in [1.82, 2.24) is 5.09 Å². The highest BCUT2D eigenvalue weighted by atomic mass is 31.1. The first-order chi connectivity index (χ1) is 6.89. The molecule has 0 aromatic carbocycles. The Bertz CT molecular complexity index is 222. The van der Waals surface area contributed by atoms with Gasteiger partial charge in [0.25, 0.3) is 0 Å². The SMILES string of the molecule is COC(C)(C)COCC(C)(C=O)NP=O. The Labute approximate surface area is 91.8 Å². The Kier molecular flexibility index (Phi) is 6.13. The number of carbonyl (C=O) groups excluding carboxylic acids is 1. The van der Waals surface area contributed by atoms with Crippen molar-refractivity contribution in [2.45, 2.75) is 31.9 Å². The highest BCUT2D eigenvalue weighted by molar-refractivity contribution is 7.21. The Morgan fingerprint density at radius 2 is 1.93 bits per heavy atom. The molecule has 15 heavy (non-hydrogen) atoms. The van der Waals surface area contributed by atoms with E-state index in [0.29, 0.717) is 12.9 Å². The minimum atomic E-state index is -0.923. The Hall–Kier alpha value is -0.350. The number of nitrogens with one attached hydrogen (secondary N) is 1. The van der Waals surface area contributed by atoms with Crippen molar-refractivity contribution in [2.24, 2.45) is 0 Å². The fraction of sp³-hybridized carbons (Fsp3) is 0.889. The van der Waals surface area contributed by atoms with Gasteiger partial charge in [-0.15, -0.1) is 0 Å². The van der Waals surface area contributed by atoms with Crippen LogP contribution >= 0.6 is 8.61 Å². The van der Waals surface area contributed by atoms with Crippen molar-refractivity contribution < 1.29 is 18.8 Å². The molecule has 0 aromatic heterocycles. The number of methoxy groups -OCH3 is 1. The summed E-state index contributed by atoms with van der Waals surface area (Å²) in [5, 5.41) is 2.50. The van der Waals surface area contributed by atoms with E-state index in [1.165, 1.54) is 0 Å². The zero-order valence-corrected chi connectivity index (χ0v) is 10.5. The molecular formula is C9H18NO4P. The Balaban J connectivity index is 4.02. The van der Waals surface area contributed by atoms with E-state index in [0.717, 1.165) is 0 Å². The molecule has 0 aliphatic heterocycles. The molecule has 0 aromatic rings. The van der Waals surface area contributed by atoms with Gasteiger partial charge >= 0.3 is 0 Å². The van der Waals surface area contributed by atoms with E-state index < -0.39 is 5.54 Å². The number of hydrogen-bond acceptors (Lipinski definition) is 4. The summed E-state index contributed by atoms with van der Waals surface area (Å²) >= 11 is 0. The fourth-order valence-electron chi connectivity index (χ4n) is 0.765. The first-order valence-corrected chi connectivity index (χ1v) is 5.39. The topological polar surface area (TPSA) is 64.6 Å². The second-order valence-corrected chi connectivity index (χ2v) is 4.60. The van der Waals surface area contributed by atoms with Gasteiger partial charge in [0.2, 0.25) is 8.61 Å². The van der Waals surface area contributed by atoms with Gasteiger partial charge in [-0.1, -0.05) is 0 Å². The summed E-state index contributed by atoms with van der Waals surface area (Å²) in [7, 11) is 1.31. The molecule has 0 amide bonds. The van der Waals surface area contributed by atoms with Crippen LogP contribution in [0, 0.1) is 0 Å². The van der Waals surface area contributed by atoms with Gasteiger partial charge in [0.15, 0.2) is 0 Å². The van der Waals surface area contributed by atoms with Gasteiger partial charge in [-0.05, 0) is 20.8 Å². The Morgan fingerprint density at radius 1 is 1.33 bits per heavy atom. The van der Waals surface area contributed by atoms with Crippen LogP contribution in [0.3, 0.4) is 0 Å². The van der Waals surface area contributed by atoms with Crippen LogP contribution in [0.5, 0.6) is 0 Å². The molecule has 6 heteroatoms. The van der Waals surface area contributed by atoms with Crippen LogP contribution in [0.1, 0.15) is 20.8 Å². The largest absolute Gasteiger partial charge is 0.376 e. The number of aldehydes is 1. The van der Waals surface area contributed by atoms with Crippen LogP contribution in [-0.4, -0.2) is 37.7 Å². The van der Waals surface area contributed by atoms with Gasteiger partial charge in [-0.2, -0.15) is 0 Å². The average Bonchev–Trinajstić information content (AvgIpc) is 2.18. The van der Waals surface area contributed by atoms with Gasteiger partial charge in [-0.3, -0.25) is 4.57 Å². The minimum absolute atomic E-state index is 0.151. The summed E-state index contributed by atoms with van der Waals surface area (Å²) in [5.41, 5.74) is -1.31. The average molecular weight is 235 g/mol. The zero-order chi connectivity index (χ0) is 11.9. The predicted octanol–water partition coefficient (Wildman–Crippen LogP) is 1.18. The van der Waals surface area contributed by atoms with E-state index in [2.05, 4.69) is 5.09 Å². The van der Waals surface area contributed by atoms with E-state index in [4.69, 9.17) is 9.47 Å². The second kappa shape index (κ2) is 6.28. The molecule has 0 aliphatic carbocycles. The molecule has 1 atom stereocenters. The molecule has 0 fully saturated rings. The lowest BCUT2D eigenvalue weighted by Crippen LogP contribution is -2.44. The maximum Gasteiger partial charge on any atom is 0.246 e. The first-order valence-electron chi connectivity index (χ1n) is 4.58. The molecular weight excluding hydrogens is 217 g/mol. The van der Waals surface area contributed by atoms with E-state index in [9.17, 15) is 9.36 Å². The summed E-state index contributed by atoms with van der Waals surface area (Å²) in [6.07, 6.45) is 0.678. The first kappa shape index (κ1) is 14.6. The van der Waals surface area contributed by atoms with Crippen molar-refractivity contribution >= 4 is 14.9 Å². The van der Waals surface area contributed by atoms with E-state index >= 15 is 0 Å². The Morgan fingerprint density at radius 3 is 2.33 bits per heavy atom. The van der Waals surface area contributed by atoms with Crippen LogP contribution in [0.15, 0.2) is 0 Å². The van der Waals surface area contributed by atoms with Crippen molar-refractivity contribution in [3.8, 4) is 0 Å². The quantitative estimate of drug-likeness (QED) is 0.505. The number of rotatable bonds is 8. The molecule has 0 saturated heterocycles. The molecule has 1 unspecified atom stereocenters. The highest BCUT2D eigenvalue weighted by Crippen LogP contribution is 2.10. The van der Waals surface area contributed by atoms with Crippen LogP contribution in [0.4, 0.5) is 0 Å². The summed E-state index contributed by atoms with van der Waals surface area (Å²) < 4.78 is 20.8. The monoisotopic (exact) mass is 235 g/mol. The summed E-state index contributed by atoms with van der Waals surface area (Å²) in [6.45, 7) is 5.89. The minimum Gasteiger partial charge on any atom is -0.376 e. The summed E-state index contributed by atoms with van der Waals surface area (Å²) in [5.74, 6) is 0. The van der Waals surface area contributed by atoms with E-state index in [1.54, 1.807) is 14.0 Å². The fourth-order valence-corrected chi connectivity index (χ4v) is 1.09. The third-order valence-corrected chi connectivity index (χ3v) is 2.57. The van der Waals surface area contributed by atoms with E-state index in [-0.39, 0.29) is 20.8 Å². The van der Waals surface area contributed by atoms with Crippen molar-refractivity contribution in [3.63, 3.8) is 0 Å². The number of ether oxygens (including phenoxy) is 2. The molecule has 0 saturated carbocycles. The lowest BCUT2D eigenvalue weighted by Gasteiger charge is -2.26. The lowest BCUT2D eigenvalue weighted by atomic mass is 10.1. The predicted molar refractivity (Wildman–Crippen MR) is 57.1 cm³/mol. The van der Waals surface area contributed by atoms with Gasteiger partial charge in [0.05, 0.1) is 18.8 Å². The van der Waals surface area contributed by atoms with Crippen molar-refractivity contribution in [3.05, 3.63) is 0 Å². The maximum absolute atomic E-state index is 10.7. The zero-order valence-electron chi connectivity index (χ0n) is 9.57. The maximum atomic E-state index is 10.7.